The summed E-state index contributed by atoms with van der Waals surface area (Å²) in [4.78, 5) is 16.4. The van der Waals surface area contributed by atoms with Gasteiger partial charge in [0.2, 0.25) is 0 Å². The van der Waals surface area contributed by atoms with Gasteiger partial charge in [-0.3, -0.25) is 4.79 Å². The van der Waals surface area contributed by atoms with Gasteiger partial charge in [0.1, 0.15) is 11.6 Å². The van der Waals surface area contributed by atoms with Crippen LogP contribution < -0.4 is 9.64 Å². The molecule has 1 aliphatic heterocycles. The van der Waals surface area contributed by atoms with Crippen LogP contribution in [0.3, 0.4) is 0 Å². The van der Waals surface area contributed by atoms with E-state index < -0.39 is 0 Å². The predicted molar refractivity (Wildman–Crippen MR) is 126 cm³/mol. The lowest BCUT2D eigenvalue weighted by molar-refractivity contribution is -0.133. The zero-order valence-corrected chi connectivity index (χ0v) is 18.0. The minimum atomic E-state index is -0.335. The highest BCUT2D eigenvalue weighted by molar-refractivity contribution is 5.86. The van der Waals surface area contributed by atoms with E-state index in [-0.39, 0.29) is 18.3 Å². The summed E-state index contributed by atoms with van der Waals surface area (Å²) in [5, 5.41) is 11.2. The van der Waals surface area contributed by atoms with Crippen LogP contribution in [-0.4, -0.2) is 53.8 Å². The molecule has 2 heterocycles. The lowest BCUT2D eigenvalue weighted by Crippen LogP contribution is -2.50. The fraction of sp³-hybridized carbons (Fsp3) is 0.192. The van der Waals surface area contributed by atoms with Gasteiger partial charge in [-0.1, -0.05) is 36.4 Å². The van der Waals surface area contributed by atoms with Crippen LogP contribution in [0.1, 0.15) is 0 Å². The maximum atomic E-state index is 13.0. The van der Waals surface area contributed by atoms with Crippen molar-refractivity contribution >= 4 is 22.5 Å². The number of hydrogen-bond acceptors (Lipinski definition) is 5. The number of carbonyl (C=O) groups excluding carboxylic acids is 1. The molecule has 0 N–H and O–H groups in total. The average molecular weight is 442 g/mol. The molecular formula is C26H23FN4O2. The zero-order valence-electron chi connectivity index (χ0n) is 18.0. The molecule has 1 saturated heterocycles. The minimum absolute atomic E-state index is 0.0636. The van der Waals surface area contributed by atoms with Crippen molar-refractivity contribution in [3.63, 3.8) is 0 Å². The third-order valence-corrected chi connectivity index (χ3v) is 5.83. The highest BCUT2D eigenvalue weighted by atomic mass is 19.1. The molecule has 7 heteroatoms. The lowest BCUT2D eigenvalue weighted by atomic mass is 10.1. The maximum absolute atomic E-state index is 13.0. The summed E-state index contributed by atoms with van der Waals surface area (Å²) in [6.45, 7) is 2.45. The molecule has 5 rings (SSSR count). The Morgan fingerprint density at radius 3 is 2.33 bits per heavy atom. The SMILES string of the molecule is O=C(COc1ccc(F)cc1)N1CCN(c2ccc(-c3ccc4ccccc4c3)nn2)CC1. The van der Waals surface area contributed by atoms with Crippen molar-refractivity contribution in [2.45, 2.75) is 0 Å². The van der Waals surface area contributed by atoms with Crippen LogP contribution in [0.4, 0.5) is 10.2 Å². The van der Waals surface area contributed by atoms with E-state index in [4.69, 9.17) is 4.74 Å². The Kier molecular flexibility index (Phi) is 5.85. The molecule has 0 unspecified atom stereocenters. The third kappa shape index (κ3) is 4.77. The topological polar surface area (TPSA) is 58.6 Å². The molecule has 1 fully saturated rings. The van der Waals surface area contributed by atoms with Crippen LogP contribution >= 0.6 is 0 Å². The molecule has 0 atom stereocenters. The van der Waals surface area contributed by atoms with Gasteiger partial charge in [-0.15, -0.1) is 10.2 Å². The molecule has 3 aromatic carbocycles. The smallest absolute Gasteiger partial charge is 0.260 e. The first-order valence-corrected chi connectivity index (χ1v) is 10.9. The van der Waals surface area contributed by atoms with Crippen LogP contribution in [0.2, 0.25) is 0 Å². The highest BCUT2D eigenvalue weighted by Crippen LogP contribution is 2.24. The summed E-state index contributed by atoms with van der Waals surface area (Å²) in [5.74, 6) is 0.856. The van der Waals surface area contributed by atoms with Crippen molar-refractivity contribution in [1.29, 1.82) is 0 Å². The van der Waals surface area contributed by atoms with Crippen molar-refractivity contribution in [1.82, 2.24) is 15.1 Å². The van der Waals surface area contributed by atoms with Gasteiger partial charge in [-0.2, -0.15) is 0 Å². The first-order chi connectivity index (χ1) is 16.2. The fourth-order valence-corrected chi connectivity index (χ4v) is 3.95. The second-order valence-corrected chi connectivity index (χ2v) is 7.95. The molecule has 1 aromatic heterocycles. The van der Waals surface area contributed by atoms with Crippen molar-refractivity contribution in [3.8, 4) is 17.0 Å². The number of aromatic nitrogens is 2. The molecule has 1 aliphatic rings. The minimum Gasteiger partial charge on any atom is -0.484 e. The van der Waals surface area contributed by atoms with Crippen LogP contribution in [-0.2, 0) is 4.79 Å². The highest BCUT2D eigenvalue weighted by Gasteiger charge is 2.22. The number of piperazine rings is 1. The number of amides is 1. The van der Waals surface area contributed by atoms with Gasteiger partial charge in [-0.05, 0) is 53.2 Å². The number of benzene rings is 3. The van der Waals surface area contributed by atoms with Crippen LogP contribution in [0.5, 0.6) is 5.75 Å². The molecule has 6 nitrogen and oxygen atoms in total. The zero-order chi connectivity index (χ0) is 22.6. The van der Waals surface area contributed by atoms with Gasteiger partial charge in [0.05, 0.1) is 5.69 Å². The van der Waals surface area contributed by atoms with Crippen molar-refractivity contribution in [3.05, 3.63) is 84.7 Å². The van der Waals surface area contributed by atoms with E-state index >= 15 is 0 Å². The number of hydrogen-bond donors (Lipinski definition) is 0. The van der Waals surface area contributed by atoms with E-state index in [1.165, 1.54) is 35.0 Å². The van der Waals surface area contributed by atoms with Gasteiger partial charge in [-0.25, -0.2) is 4.39 Å². The molecule has 33 heavy (non-hydrogen) atoms. The predicted octanol–water partition coefficient (Wildman–Crippen LogP) is 4.16. The van der Waals surface area contributed by atoms with Crippen LogP contribution in [0.25, 0.3) is 22.0 Å². The second kappa shape index (κ2) is 9.24. The normalized spacial score (nSPS) is 13.8. The number of carbonyl (C=O) groups is 1. The van der Waals surface area contributed by atoms with E-state index in [0.29, 0.717) is 31.9 Å². The molecule has 0 aliphatic carbocycles. The summed E-state index contributed by atoms with van der Waals surface area (Å²) in [6, 6.07) is 24.1. The first-order valence-electron chi connectivity index (χ1n) is 10.9. The largest absolute Gasteiger partial charge is 0.484 e. The number of anilines is 1. The second-order valence-electron chi connectivity index (χ2n) is 7.95. The number of nitrogens with zero attached hydrogens (tertiary/aromatic N) is 4. The van der Waals surface area contributed by atoms with E-state index in [0.717, 1.165) is 17.1 Å². The van der Waals surface area contributed by atoms with Gasteiger partial charge in [0, 0.05) is 31.7 Å². The summed E-state index contributed by atoms with van der Waals surface area (Å²) in [7, 11) is 0. The van der Waals surface area contributed by atoms with Crippen molar-refractivity contribution in [2.24, 2.45) is 0 Å². The molecule has 4 aromatic rings. The number of fused-ring (bicyclic) bond motifs is 1. The lowest BCUT2D eigenvalue weighted by Gasteiger charge is -2.35. The van der Waals surface area contributed by atoms with Crippen LogP contribution in [0.15, 0.2) is 78.9 Å². The molecule has 0 radical (unpaired) electrons. The summed E-state index contributed by atoms with van der Waals surface area (Å²) >= 11 is 0. The van der Waals surface area contributed by atoms with Gasteiger partial charge in [0.15, 0.2) is 12.4 Å². The standard InChI is InChI=1S/C26H23FN4O2/c27-22-7-9-23(10-8-22)33-18-26(32)31-15-13-30(14-16-31)25-12-11-24(28-29-25)21-6-5-19-3-1-2-4-20(19)17-21/h1-12,17H,13-16,18H2. The third-order valence-electron chi connectivity index (χ3n) is 5.83. The quantitative estimate of drug-likeness (QED) is 0.465. The Morgan fingerprint density at radius 1 is 0.848 bits per heavy atom. The molecule has 0 bridgehead atoms. The van der Waals surface area contributed by atoms with E-state index in [9.17, 15) is 9.18 Å². The summed E-state index contributed by atoms with van der Waals surface area (Å²) in [5.41, 5.74) is 1.86. The molecule has 0 spiro atoms. The Labute approximate surface area is 191 Å². The van der Waals surface area contributed by atoms with Crippen molar-refractivity contribution in [2.75, 3.05) is 37.7 Å². The molecule has 166 valence electrons. The van der Waals surface area contributed by atoms with E-state index in [1.54, 1.807) is 4.90 Å². The number of ether oxygens (including phenoxy) is 1. The molecular weight excluding hydrogens is 419 g/mol. The van der Waals surface area contributed by atoms with Crippen LogP contribution in [0, 0.1) is 5.82 Å². The monoisotopic (exact) mass is 442 g/mol. The number of halogens is 1. The Balaban J connectivity index is 1.17. The van der Waals surface area contributed by atoms with E-state index in [2.05, 4.69) is 45.4 Å². The Hall–Kier alpha value is -4.00. The molecule has 1 amide bonds. The summed E-state index contributed by atoms with van der Waals surface area (Å²) < 4.78 is 18.4. The van der Waals surface area contributed by atoms with Crippen molar-refractivity contribution < 1.29 is 13.9 Å². The Morgan fingerprint density at radius 2 is 1.61 bits per heavy atom. The Bertz CT molecular complexity index is 1250. The van der Waals surface area contributed by atoms with Gasteiger partial charge in [0.25, 0.3) is 5.91 Å². The fourth-order valence-electron chi connectivity index (χ4n) is 3.95. The first kappa shape index (κ1) is 20.9. The summed E-state index contributed by atoms with van der Waals surface area (Å²) in [6.07, 6.45) is 0. The number of rotatable bonds is 5. The van der Waals surface area contributed by atoms with Gasteiger partial charge >= 0.3 is 0 Å². The average Bonchev–Trinajstić information content (AvgIpc) is 2.88. The molecule has 0 saturated carbocycles. The maximum Gasteiger partial charge on any atom is 0.260 e. The van der Waals surface area contributed by atoms with E-state index in [1.807, 2.05) is 24.3 Å². The van der Waals surface area contributed by atoms with Gasteiger partial charge < -0.3 is 14.5 Å².